The summed E-state index contributed by atoms with van der Waals surface area (Å²) in [6, 6.07) is 23.2. The highest BCUT2D eigenvalue weighted by atomic mass is 32.2. The fraction of sp³-hybridized carbons (Fsp3) is 0.310. The molecule has 0 N–H and O–H groups in total. The zero-order valence-electron chi connectivity index (χ0n) is 21.5. The molecule has 0 bridgehead atoms. The number of benzene rings is 3. The van der Waals surface area contributed by atoms with Gasteiger partial charge in [-0.25, -0.2) is 0 Å². The number of carbonyl (C=O) groups is 2. The molecule has 3 aromatic carbocycles. The number of hydrogen-bond donors (Lipinski definition) is 0. The molecule has 1 amide bonds. The van der Waals surface area contributed by atoms with Crippen molar-refractivity contribution >= 4 is 29.3 Å². The highest BCUT2D eigenvalue weighted by Crippen LogP contribution is 2.48. The SMILES string of the molecule is COc1ccc([C@@H]2Sc3cc(OCc4ccccc4)ccc3N(CCN(C)C)C(=O)[C@@H]2OC(C)=O)cc1. The molecule has 8 heteroatoms. The standard InChI is InChI=1S/C29H32N2O5S/c1-20(32)36-27-28(22-10-12-23(34-4)13-11-22)37-26-18-24(35-19-21-8-6-5-7-9-21)14-15-25(26)31(29(27)33)17-16-30(2)3/h5-15,18,27-28H,16-17,19H2,1-4H3/t27-,28+/m1/s1. The van der Waals surface area contributed by atoms with E-state index in [4.69, 9.17) is 14.2 Å². The lowest BCUT2D eigenvalue weighted by molar-refractivity contribution is -0.152. The van der Waals surface area contributed by atoms with Crippen molar-refractivity contribution in [2.45, 2.75) is 29.8 Å². The zero-order valence-corrected chi connectivity index (χ0v) is 22.4. The van der Waals surface area contributed by atoms with E-state index in [0.717, 1.165) is 21.7 Å². The van der Waals surface area contributed by atoms with Crippen LogP contribution in [0.3, 0.4) is 0 Å². The first-order valence-electron chi connectivity index (χ1n) is 12.1. The van der Waals surface area contributed by atoms with Gasteiger partial charge in [-0.1, -0.05) is 42.5 Å². The maximum atomic E-state index is 13.9. The van der Waals surface area contributed by atoms with Crippen LogP contribution in [0.5, 0.6) is 11.5 Å². The molecule has 0 aliphatic carbocycles. The summed E-state index contributed by atoms with van der Waals surface area (Å²) in [5, 5.41) is -0.449. The Kier molecular flexibility index (Phi) is 8.74. The van der Waals surface area contributed by atoms with Crippen LogP contribution in [-0.2, 0) is 20.9 Å². The maximum absolute atomic E-state index is 13.9. The summed E-state index contributed by atoms with van der Waals surface area (Å²) >= 11 is 1.50. The van der Waals surface area contributed by atoms with Gasteiger partial charge in [0.05, 0.1) is 18.0 Å². The molecular weight excluding hydrogens is 488 g/mol. The Balaban J connectivity index is 1.73. The number of anilines is 1. The number of fused-ring (bicyclic) bond motifs is 1. The molecule has 0 spiro atoms. The molecule has 194 valence electrons. The Labute approximate surface area is 222 Å². The highest BCUT2D eigenvalue weighted by Gasteiger charge is 2.41. The van der Waals surface area contributed by atoms with Crippen molar-refractivity contribution in [1.82, 2.24) is 4.90 Å². The average Bonchev–Trinajstić information content (AvgIpc) is 3.00. The summed E-state index contributed by atoms with van der Waals surface area (Å²) in [6.07, 6.45) is -0.987. The van der Waals surface area contributed by atoms with Gasteiger partial charge in [-0.05, 0) is 55.6 Å². The second kappa shape index (κ2) is 12.2. The molecule has 0 fully saturated rings. The predicted octanol–water partition coefficient (Wildman–Crippen LogP) is 4.95. The molecule has 0 unspecified atom stereocenters. The minimum Gasteiger partial charge on any atom is -0.497 e. The van der Waals surface area contributed by atoms with E-state index >= 15 is 0 Å². The molecule has 0 radical (unpaired) electrons. The Morgan fingerprint density at radius 3 is 2.35 bits per heavy atom. The molecule has 1 heterocycles. The van der Waals surface area contributed by atoms with Crippen molar-refractivity contribution in [3.05, 3.63) is 83.9 Å². The van der Waals surface area contributed by atoms with Gasteiger partial charge in [0.25, 0.3) is 5.91 Å². The minimum atomic E-state index is -0.987. The quantitative estimate of drug-likeness (QED) is 0.370. The third kappa shape index (κ3) is 6.64. The summed E-state index contributed by atoms with van der Waals surface area (Å²) in [5.41, 5.74) is 2.71. The number of ether oxygens (including phenoxy) is 3. The van der Waals surface area contributed by atoms with Crippen LogP contribution in [-0.4, -0.2) is 57.2 Å². The van der Waals surface area contributed by atoms with Crippen LogP contribution in [0.4, 0.5) is 5.69 Å². The Morgan fingerprint density at radius 1 is 1.00 bits per heavy atom. The first-order valence-corrected chi connectivity index (χ1v) is 13.0. The van der Waals surface area contributed by atoms with Crippen molar-refractivity contribution in [3.8, 4) is 11.5 Å². The lowest BCUT2D eigenvalue weighted by atomic mass is 10.1. The van der Waals surface area contributed by atoms with Crippen LogP contribution in [0, 0.1) is 0 Å². The Hall–Kier alpha value is -3.49. The fourth-order valence-electron chi connectivity index (χ4n) is 4.10. The second-order valence-corrected chi connectivity index (χ2v) is 10.2. The molecule has 0 saturated heterocycles. The second-order valence-electron chi connectivity index (χ2n) is 9.04. The van der Waals surface area contributed by atoms with Gasteiger partial charge in [0, 0.05) is 24.9 Å². The number of rotatable bonds is 9. The third-order valence-electron chi connectivity index (χ3n) is 6.02. The molecule has 3 aromatic rings. The predicted molar refractivity (Wildman–Crippen MR) is 145 cm³/mol. The van der Waals surface area contributed by atoms with Gasteiger partial charge in [-0.2, -0.15) is 0 Å². The molecule has 0 saturated carbocycles. The van der Waals surface area contributed by atoms with E-state index in [2.05, 4.69) is 0 Å². The smallest absolute Gasteiger partial charge is 0.303 e. The van der Waals surface area contributed by atoms with Crippen LogP contribution in [0.2, 0.25) is 0 Å². The summed E-state index contributed by atoms with van der Waals surface area (Å²) in [7, 11) is 5.53. The van der Waals surface area contributed by atoms with Gasteiger partial charge in [-0.3, -0.25) is 9.59 Å². The van der Waals surface area contributed by atoms with Gasteiger partial charge in [0.2, 0.25) is 0 Å². The molecule has 0 aromatic heterocycles. The topological polar surface area (TPSA) is 68.3 Å². The number of likely N-dealkylation sites (N-methyl/N-ethyl adjacent to an activating group) is 1. The van der Waals surface area contributed by atoms with Gasteiger partial charge < -0.3 is 24.0 Å². The van der Waals surface area contributed by atoms with Gasteiger partial charge in [0.1, 0.15) is 18.1 Å². The summed E-state index contributed by atoms with van der Waals surface area (Å²) < 4.78 is 17.1. The fourth-order valence-corrected chi connectivity index (χ4v) is 5.45. The number of thioether (sulfide) groups is 1. The van der Waals surface area contributed by atoms with Crippen molar-refractivity contribution in [2.75, 3.05) is 39.2 Å². The van der Waals surface area contributed by atoms with E-state index in [1.54, 1.807) is 12.0 Å². The molecule has 37 heavy (non-hydrogen) atoms. The van der Waals surface area contributed by atoms with Gasteiger partial charge >= 0.3 is 5.97 Å². The number of carbonyl (C=O) groups excluding carboxylic acids is 2. The number of amides is 1. The molecule has 1 aliphatic rings. The van der Waals surface area contributed by atoms with Crippen molar-refractivity contribution in [2.24, 2.45) is 0 Å². The number of nitrogens with zero attached hydrogens (tertiary/aromatic N) is 2. The Bertz CT molecular complexity index is 1220. The monoisotopic (exact) mass is 520 g/mol. The van der Waals surface area contributed by atoms with E-state index < -0.39 is 17.3 Å². The first-order chi connectivity index (χ1) is 17.9. The molecular formula is C29H32N2O5S. The van der Waals surface area contributed by atoms with E-state index in [1.165, 1.54) is 18.7 Å². The Morgan fingerprint density at radius 2 is 1.70 bits per heavy atom. The van der Waals surface area contributed by atoms with Crippen molar-refractivity contribution in [1.29, 1.82) is 0 Å². The van der Waals surface area contributed by atoms with E-state index in [1.807, 2.05) is 91.8 Å². The minimum absolute atomic E-state index is 0.248. The van der Waals surface area contributed by atoms with Crippen LogP contribution >= 0.6 is 11.8 Å². The lowest BCUT2D eigenvalue weighted by Gasteiger charge is -2.28. The van der Waals surface area contributed by atoms with Crippen LogP contribution in [0.1, 0.15) is 23.3 Å². The summed E-state index contributed by atoms with van der Waals surface area (Å²) in [6.45, 7) is 2.88. The van der Waals surface area contributed by atoms with Crippen LogP contribution in [0.25, 0.3) is 0 Å². The van der Waals surface area contributed by atoms with E-state index in [9.17, 15) is 9.59 Å². The highest BCUT2D eigenvalue weighted by molar-refractivity contribution is 7.99. The van der Waals surface area contributed by atoms with Crippen LogP contribution in [0.15, 0.2) is 77.7 Å². The first kappa shape index (κ1) is 26.6. The number of esters is 1. The van der Waals surface area contributed by atoms with E-state index in [0.29, 0.717) is 31.2 Å². The molecule has 7 nitrogen and oxygen atoms in total. The lowest BCUT2D eigenvalue weighted by Crippen LogP contribution is -2.45. The van der Waals surface area contributed by atoms with Gasteiger partial charge in [0.15, 0.2) is 6.10 Å². The summed E-state index contributed by atoms with van der Waals surface area (Å²) in [4.78, 5) is 30.7. The third-order valence-corrected chi connectivity index (χ3v) is 7.37. The molecule has 4 rings (SSSR count). The maximum Gasteiger partial charge on any atom is 0.303 e. The normalized spacial score (nSPS) is 17.2. The average molecular weight is 521 g/mol. The zero-order chi connectivity index (χ0) is 26.4. The molecule has 2 atom stereocenters. The van der Waals surface area contributed by atoms with Crippen LogP contribution < -0.4 is 14.4 Å². The van der Waals surface area contributed by atoms with E-state index in [-0.39, 0.29) is 5.91 Å². The van der Waals surface area contributed by atoms with Crippen molar-refractivity contribution in [3.63, 3.8) is 0 Å². The van der Waals surface area contributed by atoms with Gasteiger partial charge in [-0.15, -0.1) is 11.8 Å². The van der Waals surface area contributed by atoms with Crippen molar-refractivity contribution < 1.29 is 23.8 Å². The number of methoxy groups -OCH3 is 1. The largest absolute Gasteiger partial charge is 0.497 e. The molecule has 1 aliphatic heterocycles. The number of hydrogen-bond acceptors (Lipinski definition) is 7. The summed E-state index contributed by atoms with van der Waals surface area (Å²) in [5.74, 6) is 0.668.